The maximum Gasteiger partial charge on any atom is 0.0632 e. The lowest BCUT2D eigenvalue weighted by Crippen LogP contribution is -2.01. The fourth-order valence-corrected chi connectivity index (χ4v) is 3.91. The van der Waals surface area contributed by atoms with E-state index in [0.717, 1.165) is 31.3 Å². The van der Waals surface area contributed by atoms with E-state index in [9.17, 15) is 0 Å². The van der Waals surface area contributed by atoms with Crippen LogP contribution in [0.5, 0.6) is 0 Å². The molecule has 0 saturated heterocycles. The molecule has 16 heavy (non-hydrogen) atoms. The summed E-state index contributed by atoms with van der Waals surface area (Å²) in [4.78, 5) is 3.16. The minimum absolute atomic E-state index is 0.770. The largest absolute Gasteiger partial charge is 0.378 e. The first-order valence-corrected chi connectivity index (χ1v) is 7.05. The van der Waals surface area contributed by atoms with Gasteiger partial charge in [0.2, 0.25) is 0 Å². The molecule has 2 aromatic rings. The zero-order valence-electron chi connectivity index (χ0n) is 8.23. The Morgan fingerprint density at radius 3 is 2.38 bits per heavy atom. The van der Waals surface area contributed by atoms with Crippen molar-refractivity contribution in [3.05, 3.63) is 49.6 Å². The number of aromatic amines is 1. The first kappa shape index (κ1) is 12.2. The van der Waals surface area contributed by atoms with Gasteiger partial charge in [0, 0.05) is 25.3 Å². The molecule has 0 fully saturated rings. The molecule has 0 aliphatic heterocycles. The Morgan fingerprint density at radius 1 is 1.12 bits per heavy atom. The maximum absolute atomic E-state index is 3.53. The summed E-state index contributed by atoms with van der Waals surface area (Å²) in [7, 11) is 0. The molecule has 0 atom stereocenters. The van der Waals surface area contributed by atoms with Crippen LogP contribution in [-0.4, -0.2) is 4.98 Å². The summed E-state index contributed by atoms with van der Waals surface area (Å²) < 4.78 is 3.09. The Kier molecular flexibility index (Phi) is 4.10. The van der Waals surface area contributed by atoms with E-state index in [2.05, 4.69) is 58.1 Å². The highest BCUT2D eigenvalue weighted by atomic mass is 79.9. The predicted octanol–water partition coefficient (Wildman–Crippen LogP) is 4.91. The normalized spacial score (nSPS) is 10.4. The number of halogens is 3. The highest BCUT2D eigenvalue weighted by molar-refractivity contribution is 9.11. The van der Waals surface area contributed by atoms with E-state index >= 15 is 0 Å². The van der Waals surface area contributed by atoms with Gasteiger partial charge in [0.25, 0.3) is 0 Å². The molecule has 0 saturated carbocycles. The number of hydrogen-bond acceptors (Lipinski definition) is 1. The van der Waals surface area contributed by atoms with Crippen molar-refractivity contribution in [2.75, 3.05) is 5.32 Å². The molecule has 1 heterocycles. The van der Waals surface area contributed by atoms with Gasteiger partial charge in [-0.3, -0.25) is 0 Å². The van der Waals surface area contributed by atoms with Crippen LogP contribution in [0.4, 0.5) is 5.69 Å². The molecule has 0 amide bonds. The summed E-state index contributed by atoms with van der Waals surface area (Å²) in [6, 6.07) is 8.07. The number of H-pyrrole nitrogens is 1. The van der Waals surface area contributed by atoms with Crippen LogP contribution >= 0.6 is 47.8 Å². The van der Waals surface area contributed by atoms with Crippen LogP contribution in [0, 0.1) is 0 Å². The highest BCUT2D eigenvalue weighted by Gasteiger charge is 2.06. The summed E-state index contributed by atoms with van der Waals surface area (Å²) in [6.45, 7) is 0.770. The molecule has 0 spiro atoms. The van der Waals surface area contributed by atoms with Crippen molar-refractivity contribution in [3.8, 4) is 0 Å². The maximum atomic E-state index is 3.53. The van der Waals surface area contributed by atoms with Gasteiger partial charge in [-0.05, 0) is 56.1 Å². The van der Waals surface area contributed by atoms with E-state index in [1.807, 2.05) is 30.5 Å². The number of nitrogens with one attached hydrogen (secondary N) is 2. The van der Waals surface area contributed by atoms with Crippen molar-refractivity contribution < 1.29 is 0 Å². The molecule has 2 nitrogen and oxygen atoms in total. The molecule has 2 N–H and O–H groups in total. The van der Waals surface area contributed by atoms with E-state index in [1.165, 1.54) is 0 Å². The third-order valence-electron chi connectivity index (χ3n) is 2.12. The Morgan fingerprint density at radius 2 is 1.81 bits per heavy atom. The summed E-state index contributed by atoms with van der Waals surface area (Å²) in [6.07, 6.45) is 1.92. The third-order valence-corrected chi connectivity index (χ3v) is 3.83. The first-order valence-electron chi connectivity index (χ1n) is 4.67. The monoisotopic (exact) mass is 406 g/mol. The SMILES string of the molecule is Brc1cc(Br)c(NCc2ccc[nH]2)c(Br)c1. The predicted molar refractivity (Wildman–Crippen MR) is 77.7 cm³/mol. The average molecular weight is 409 g/mol. The number of hydrogen-bond donors (Lipinski definition) is 2. The quantitative estimate of drug-likeness (QED) is 0.741. The van der Waals surface area contributed by atoms with Gasteiger partial charge in [0.1, 0.15) is 0 Å². The third kappa shape index (κ3) is 2.90. The molecule has 0 aliphatic rings. The minimum Gasteiger partial charge on any atom is -0.378 e. The van der Waals surface area contributed by atoms with Gasteiger partial charge >= 0.3 is 0 Å². The fourth-order valence-electron chi connectivity index (χ4n) is 1.37. The highest BCUT2D eigenvalue weighted by Crippen LogP contribution is 2.34. The number of rotatable bonds is 3. The van der Waals surface area contributed by atoms with E-state index in [4.69, 9.17) is 0 Å². The molecular formula is C11H9Br3N2. The first-order chi connectivity index (χ1) is 7.66. The van der Waals surface area contributed by atoms with Crippen molar-refractivity contribution in [1.29, 1.82) is 0 Å². The van der Waals surface area contributed by atoms with E-state index in [0.29, 0.717) is 0 Å². The van der Waals surface area contributed by atoms with Crippen LogP contribution in [0.3, 0.4) is 0 Å². The molecule has 5 heteroatoms. The average Bonchev–Trinajstić information content (AvgIpc) is 2.68. The van der Waals surface area contributed by atoms with Gasteiger partial charge in [0.15, 0.2) is 0 Å². The summed E-state index contributed by atoms with van der Waals surface area (Å²) >= 11 is 10.5. The topological polar surface area (TPSA) is 27.8 Å². The van der Waals surface area contributed by atoms with Crippen LogP contribution in [0.15, 0.2) is 43.9 Å². The van der Waals surface area contributed by atoms with Gasteiger partial charge in [-0.2, -0.15) is 0 Å². The van der Waals surface area contributed by atoms with Crippen molar-refractivity contribution >= 4 is 53.5 Å². The lowest BCUT2D eigenvalue weighted by atomic mass is 10.3. The van der Waals surface area contributed by atoms with E-state index < -0.39 is 0 Å². The molecular weight excluding hydrogens is 400 g/mol. The van der Waals surface area contributed by atoms with Gasteiger partial charge in [0.05, 0.1) is 12.2 Å². The van der Waals surface area contributed by atoms with Crippen molar-refractivity contribution in [3.63, 3.8) is 0 Å². The van der Waals surface area contributed by atoms with E-state index in [-0.39, 0.29) is 0 Å². The van der Waals surface area contributed by atoms with Crippen LogP contribution in [-0.2, 0) is 6.54 Å². The second-order valence-electron chi connectivity index (χ2n) is 3.29. The van der Waals surface area contributed by atoms with Gasteiger partial charge in [-0.25, -0.2) is 0 Å². The number of anilines is 1. The Balaban J connectivity index is 2.15. The van der Waals surface area contributed by atoms with Crippen LogP contribution in [0.25, 0.3) is 0 Å². The Hall–Kier alpha value is -0.260. The minimum atomic E-state index is 0.770. The summed E-state index contributed by atoms with van der Waals surface area (Å²) in [5.74, 6) is 0. The molecule has 1 aromatic carbocycles. The zero-order chi connectivity index (χ0) is 11.5. The molecule has 0 aliphatic carbocycles. The van der Waals surface area contributed by atoms with Crippen LogP contribution in [0.2, 0.25) is 0 Å². The number of benzene rings is 1. The second-order valence-corrected chi connectivity index (χ2v) is 5.92. The molecule has 2 rings (SSSR count). The lowest BCUT2D eigenvalue weighted by molar-refractivity contribution is 1.07. The Labute approximate surface area is 119 Å². The lowest BCUT2D eigenvalue weighted by Gasteiger charge is -2.10. The summed E-state index contributed by atoms with van der Waals surface area (Å²) in [5.41, 5.74) is 2.21. The fraction of sp³-hybridized carbons (Fsp3) is 0.0909. The van der Waals surface area contributed by atoms with Crippen molar-refractivity contribution in [2.24, 2.45) is 0 Å². The molecule has 0 bridgehead atoms. The standard InChI is InChI=1S/C11H9Br3N2/c12-7-4-9(13)11(10(14)5-7)16-6-8-2-1-3-15-8/h1-5,15-16H,6H2. The van der Waals surface area contributed by atoms with Crippen LogP contribution in [0.1, 0.15) is 5.69 Å². The van der Waals surface area contributed by atoms with Gasteiger partial charge in [-0.1, -0.05) is 15.9 Å². The van der Waals surface area contributed by atoms with Crippen LogP contribution < -0.4 is 5.32 Å². The van der Waals surface area contributed by atoms with Gasteiger partial charge in [-0.15, -0.1) is 0 Å². The smallest absolute Gasteiger partial charge is 0.0632 e. The molecule has 1 aromatic heterocycles. The summed E-state index contributed by atoms with van der Waals surface area (Å²) in [5, 5.41) is 3.36. The van der Waals surface area contributed by atoms with Gasteiger partial charge < -0.3 is 10.3 Å². The van der Waals surface area contributed by atoms with E-state index in [1.54, 1.807) is 0 Å². The second kappa shape index (κ2) is 5.38. The number of aromatic nitrogens is 1. The Bertz CT molecular complexity index is 457. The molecule has 0 unspecified atom stereocenters. The molecule has 84 valence electrons. The zero-order valence-corrected chi connectivity index (χ0v) is 13.0. The van der Waals surface area contributed by atoms with Crippen molar-refractivity contribution in [1.82, 2.24) is 4.98 Å². The van der Waals surface area contributed by atoms with Crippen molar-refractivity contribution in [2.45, 2.75) is 6.54 Å². The molecule has 0 radical (unpaired) electrons.